The number of para-hydroxylation sites is 1. The fourth-order valence-electron chi connectivity index (χ4n) is 1.30. The summed E-state index contributed by atoms with van der Waals surface area (Å²) in [5.41, 5.74) is 1.22. The molecule has 81 valence electrons. The van der Waals surface area contributed by atoms with Gasteiger partial charge in [-0.25, -0.2) is 0 Å². The summed E-state index contributed by atoms with van der Waals surface area (Å²) in [7, 11) is 0. The molecule has 3 heteroatoms. The van der Waals surface area contributed by atoms with Crippen LogP contribution in [-0.4, -0.2) is 6.61 Å². The van der Waals surface area contributed by atoms with E-state index < -0.39 is 0 Å². The van der Waals surface area contributed by atoms with Crippen molar-refractivity contribution in [2.45, 2.75) is 13.3 Å². The van der Waals surface area contributed by atoms with E-state index >= 15 is 0 Å². The molecular formula is C12H16OWY-2. The first-order valence-corrected chi connectivity index (χ1v) is 4.57. The molecule has 0 aromatic heterocycles. The number of rotatable bonds is 4. The summed E-state index contributed by atoms with van der Waals surface area (Å²) in [4.78, 5) is 0. The molecule has 0 saturated heterocycles. The second kappa shape index (κ2) is 10.00. The van der Waals surface area contributed by atoms with Crippen LogP contribution in [0, 0.1) is 19.8 Å². The normalized spacial score (nSPS) is 10.9. The van der Waals surface area contributed by atoms with E-state index in [0.717, 1.165) is 12.2 Å². The Kier molecular flexibility index (Phi) is 12.1. The largest absolute Gasteiger partial charge is 0.525 e. The first kappa shape index (κ1) is 18.2. The van der Waals surface area contributed by atoms with Crippen molar-refractivity contribution in [1.82, 2.24) is 0 Å². The molecule has 1 unspecified atom stereocenters. The van der Waals surface area contributed by atoms with Gasteiger partial charge < -0.3 is 18.6 Å². The fraction of sp³-hybridized carbons (Fsp3) is 0.333. The maximum atomic E-state index is 5.40. The quantitative estimate of drug-likeness (QED) is 0.643. The minimum Gasteiger partial charge on any atom is -0.525 e. The average Bonchev–Trinajstić information content (AvgIpc) is 2.08. The summed E-state index contributed by atoms with van der Waals surface area (Å²) in [5, 5.41) is 0. The molecular weight excluding hydrogens is 433 g/mol. The molecule has 0 fully saturated rings. The molecule has 0 aliphatic carbocycles. The Hall–Kier alpha value is 0.812. The third-order valence-electron chi connectivity index (χ3n) is 1.80. The standard InChI is InChI=1S/C12H16O.W.Y/c1-4-13-12-8-6-5-7-11(12)9-10(2)3;;/h5-8,10H,1-2,4,9H2,3H3;;/q-2;;. The summed E-state index contributed by atoms with van der Waals surface area (Å²) in [5.74, 6) is 1.35. The monoisotopic (exact) mass is 449 g/mol. The third kappa shape index (κ3) is 6.87. The van der Waals surface area contributed by atoms with Crippen LogP contribution in [-0.2, 0) is 60.2 Å². The van der Waals surface area contributed by atoms with Gasteiger partial charge in [0, 0.05) is 53.8 Å². The average molecular weight is 449 g/mol. The van der Waals surface area contributed by atoms with E-state index in [4.69, 9.17) is 4.74 Å². The molecule has 0 aliphatic heterocycles. The SMILES string of the molecule is [CH2-]COc1ccccc1CC([CH2-])C.[W].[Y]. The van der Waals surface area contributed by atoms with Crippen LogP contribution in [0.1, 0.15) is 12.5 Å². The van der Waals surface area contributed by atoms with E-state index in [9.17, 15) is 0 Å². The summed E-state index contributed by atoms with van der Waals surface area (Å²) in [6.45, 7) is 10.2. The predicted molar refractivity (Wildman–Crippen MR) is 55.5 cm³/mol. The van der Waals surface area contributed by atoms with Crippen LogP contribution in [0.15, 0.2) is 24.3 Å². The minimum absolute atomic E-state index is 0. The Morgan fingerprint density at radius 2 is 1.93 bits per heavy atom. The van der Waals surface area contributed by atoms with Crippen molar-refractivity contribution in [2.24, 2.45) is 5.92 Å². The van der Waals surface area contributed by atoms with Gasteiger partial charge in [-0.15, -0.1) is 0 Å². The smallest absolute Gasteiger partial charge is 0.118 e. The number of hydrogen-bond donors (Lipinski definition) is 0. The molecule has 1 nitrogen and oxygen atoms in total. The van der Waals surface area contributed by atoms with Gasteiger partial charge in [-0.2, -0.15) is 5.92 Å². The molecule has 0 bridgehead atoms. The topological polar surface area (TPSA) is 9.23 Å². The molecule has 0 aliphatic rings. The van der Waals surface area contributed by atoms with Crippen LogP contribution in [0.5, 0.6) is 5.75 Å². The molecule has 15 heavy (non-hydrogen) atoms. The van der Waals surface area contributed by atoms with Gasteiger partial charge >= 0.3 is 0 Å². The van der Waals surface area contributed by atoms with E-state index in [1.165, 1.54) is 5.56 Å². The van der Waals surface area contributed by atoms with E-state index in [0.29, 0.717) is 12.5 Å². The van der Waals surface area contributed by atoms with Crippen molar-refractivity contribution in [3.8, 4) is 5.75 Å². The first-order valence-electron chi connectivity index (χ1n) is 4.57. The van der Waals surface area contributed by atoms with Crippen molar-refractivity contribution >= 4 is 0 Å². The second-order valence-corrected chi connectivity index (χ2v) is 3.27. The molecule has 0 N–H and O–H groups in total. The van der Waals surface area contributed by atoms with E-state index in [-0.39, 0.29) is 53.8 Å². The summed E-state index contributed by atoms with van der Waals surface area (Å²) >= 11 is 0. The Bertz CT molecular complexity index is 264. The molecule has 0 heterocycles. The van der Waals surface area contributed by atoms with Crippen molar-refractivity contribution in [3.05, 3.63) is 43.7 Å². The molecule has 0 saturated carbocycles. The molecule has 0 spiro atoms. The van der Waals surface area contributed by atoms with Crippen molar-refractivity contribution in [3.63, 3.8) is 0 Å². The number of benzene rings is 1. The van der Waals surface area contributed by atoms with Crippen molar-refractivity contribution in [2.75, 3.05) is 6.61 Å². The van der Waals surface area contributed by atoms with Crippen LogP contribution in [0.25, 0.3) is 0 Å². The Balaban J connectivity index is 0. The molecule has 1 rings (SSSR count). The van der Waals surface area contributed by atoms with Gasteiger partial charge in [0.2, 0.25) is 0 Å². The maximum Gasteiger partial charge on any atom is 0.118 e. The maximum absolute atomic E-state index is 5.40. The van der Waals surface area contributed by atoms with Gasteiger partial charge in [0.25, 0.3) is 0 Å². The van der Waals surface area contributed by atoms with Gasteiger partial charge in [-0.05, 0) is 24.7 Å². The second-order valence-electron chi connectivity index (χ2n) is 3.27. The number of ether oxygens (including phenoxy) is 1. The van der Waals surface area contributed by atoms with Gasteiger partial charge in [0.1, 0.15) is 5.75 Å². The van der Waals surface area contributed by atoms with Crippen LogP contribution in [0.2, 0.25) is 0 Å². The van der Waals surface area contributed by atoms with E-state index in [1.807, 2.05) is 18.2 Å². The zero-order valence-corrected chi connectivity index (χ0v) is 14.9. The van der Waals surface area contributed by atoms with Gasteiger partial charge in [0.15, 0.2) is 0 Å². The Morgan fingerprint density at radius 3 is 2.47 bits per heavy atom. The first-order chi connectivity index (χ1) is 6.24. The molecule has 0 amide bonds. The summed E-state index contributed by atoms with van der Waals surface area (Å²) < 4.78 is 5.40. The Morgan fingerprint density at radius 1 is 1.33 bits per heavy atom. The molecule has 1 atom stereocenters. The van der Waals surface area contributed by atoms with Gasteiger partial charge in [-0.1, -0.05) is 25.1 Å². The van der Waals surface area contributed by atoms with Gasteiger partial charge in [0.05, 0.1) is 0 Å². The van der Waals surface area contributed by atoms with E-state index in [1.54, 1.807) is 0 Å². The van der Waals surface area contributed by atoms with Crippen LogP contribution < -0.4 is 4.74 Å². The number of hydrogen-bond acceptors (Lipinski definition) is 1. The fourth-order valence-corrected chi connectivity index (χ4v) is 1.30. The zero-order valence-electron chi connectivity index (χ0n) is 9.11. The van der Waals surface area contributed by atoms with Crippen LogP contribution >= 0.6 is 0 Å². The predicted octanol–water partition coefficient (Wildman–Crippen LogP) is 2.91. The zero-order chi connectivity index (χ0) is 9.68. The molecule has 1 aromatic carbocycles. The van der Waals surface area contributed by atoms with Crippen LogP contribution in [0.3, 0.4) is 0 Å². The molecule has 1 radical (unpaired) electrons. The van der Waals surface area contributed by atoms with Gasteiger partial charge in [-0.3, -0.25) is 0 Å². The Labute approximate surface area is 133 Å². The third-order valence-corrected chi connectivity index (χ3v) is 1.80. The van der Waals surface area contributed by atoms with Crippen molar-refractivity contribution in [1.29, 1.82) is 0 Å². The summed E-state index contributed by atoms with van der Waals surface area (Å²) in [6, 6.07) is 8.05. The summed E-state index contributed by atoms with van der Waals surface area (Å²) in [6.07, 6.45) is 0.955. The van der Waals surface area contributed by atoms with Crippen LogP contribution in [0.4, 0.5) is 0 Å². The van der Waals surface area contributed by atoms with E-state index in [2.05, 4.69) is 26.8 Å². The van der Waals surface area contributed by atoms with Crippen molar-refractivity contribution < 1.29 is 58.5 Å². The minimum atomic E-state index is 0. The molecule has 1 aromatic rings.